The highest BCUT2D eigenvalue weighted by atomic mass is 32.2. The molecule has 0 spiro atoms. The molecule has 0 aliphatic heterocycles. The van der Waals surface area contributed by atoms with Gasteiger partial charge < -0.3 is 5.11 Å². The van der Waals surface area contributed by atoms with E-state index in [-0.39, 0.29) is 12.8 Å². The number of hydrogen-bond acceptors (Lipinski definition) is 3. The third-order valence-electron chi connectivity index (χ3n) is 2.45. The minimum absolute atomic E-state index is 0.0467. The fourth-order valence-corrected chi connectivity index (χ4v) is 2.77. The van der Waals surface area contributed by atoms with Gasteiger partial charge in [0.2, 0.25) is 10.0 Å². The number of hydrogen-bond donors (Lipinski definition) is 2. The summed E-state index contributed by atoms with van der Waals surface area (Å²) in [7, 11) is -3.78. The molecule has 0 bridgehead atoms. The van der Waals surface area contributed by atoms with Crippen molar-refractivity contribution in [3.05, 3.63) is 35.9 Å². The summed E-state index contributed by atoms with van der Waals surface area (Å²) in [6, 6.07) is 7.45. The molecule has 0 heterocycles. The lowest BCUT2D eigenvalue weighted by Gasteiger charge is -2.14. The molecule has 0 amide bonds. The average Bonchev–Trinajstić information content (AvgIpc) is 2.36. The van der Waals surface area contributed by atoms with Crippen LogP contribution in [0.5, 0.6) is 0 Å². The SMILES string of the molecule is O=C(O)[C@@H](Cc1ccccc1)NS(=O)(=O)CCCF. The molecular formula is C12H16FNO4S. The van der Waals surface area contributed by atoms with Crippen LogP contribution in [0.15, 0.2) is 30.3 Å². The van der Waals surface area contributed by atoms with Gasteiger partial charge in [-0.25, -0.2) is 13.1 Å². The van der Waals surface area contributed by atoms with Crippen molar-refractivity contribution in [1.82, 2.24) is 4.72 Å². The molecule has 0 fully saturated rings. The monoisotopic (exact) mass is 289 g/mol. The Morgan fingerprint density at radius 1 is 1.32 bits per heavy atom. The topological polar surface area (TPSA) is 83.5 Å². The van der Waals surface area contributed by atoms with Gasteiger partial charge in [-0.05, 0) is 18.4 Å². The Kier molecular flexibility index (Phi) is 5.91. The van der Waals surface area contributed by atoms with Crippen molar-refractivity contribution in [3.8, 4) is 0 Å². The molecule has 1 aromatic carbocycles. The van der Waals surface area contributed by atoms with Crippen molar-refractivity contribution < 1.29 is 22.7 Å². The molecule has 0 aliphatic rings. The van der Waals surface area contributed by atoms with Crippen LogP contribution < -0.4 is 4.72 Å². The highest BCUT2D eigenvalue weighted by Crippen LogP contribution is 2.05. The molecule has 0 aromatic heterocycles. The maximum atomic E-state index is 12.0. The van der Waals surface area contributed by atoms with Crippen LogP contribution in [0.3, 0.4) is 0 Å². The maximum absolute atomic E-state index is 12.0. The first-order valence-corrected chi connectivity index (χ1v) is 7.42. The number of rotatable bonds is 8. The molecule has 19 heavy (non-hydrogen) atoms. The highest BCUT2D eigenvalue weighted by molar-refractivity contribution is 7.89. The summed E-state index contributed by atoms with van der Waals surface area (Å²) in [5.41, 5.74) is 0.711. The second-order valence-corrected chi connectivity index (χ2v) is 5.93. The predicted octanol–water partition coefficient (Wildman–Crippen LogP) is 0.961. The first-order chi connectivity index (χ1) is 8.94. The lowest BCUT2D eigenvalue weighted by molar-refractivity contribution is -0.138. The Balaban J connectivity index is 2.71. The quantitative estimate of drug-likeness (QED) is 0.746. The van der Waals surface area contributed by atoms with Gasteiger partial charge in [0, 0.05) is 0 Å². The smallest absolute Gasteiger partial charge is 0.322 e. The Morgan fingerprint density at radius 3 is 2.47 bits per heavy atom. The van der Waals surface area contributed by atoms with Gasteiger partial charge in [0.1, 0.15) is 6.04 Å². The van der Waals surface area contributed by atoms with Crippen LogP contribution in [-0.4, -0.2) is 38.0 Å². The van der Waals surface area contributed by atoms with Gasteiger partial charge in [-0.3, -0.25) is 9.18 Å². The molecule has 0 saturated carbocycles. The molecule has 7 heteroatoms. The molecule has 1 rings (SSSR count). The first kappa shape index (κ1) is 15.6. The van der Waals surface area contributed by atoms with Gasteiger partial charge in [0.05, 0.1) is 12.4 Å². The number of aliphatic carboxylic acids is 1. The molecule has 0 saturated heterocycles. The van der Waals surface area contributed by atoms with Crippen LogP contribution in [0.2, 0.25) is 0 Å². The van der Waals surface area contributed by atoms with Crippen molar-refractivity contribution in [1.29, 1.82) is 0 Å². The van der Waals surface area contributed by atoms with Crippen molar-refractivity contribution in [2.75, 3.05) is 12.4 Å². The van der Waals surface area contributed by atoms with Crippen molar-refractivity contribution in [3.63, 3.8) is 0 Å². The summed E-state index contributed by atoms with van der Waals surface area (Å²) >= 11 is 0. The molecule has 0 unspecified atom stereocenters. The number of carbonyl (C=O) groups is 1. The van der Waals surface area contributed by atoms with Crippen molar-refractivity contribution in [2.45, 2.75) is 18.9 Å². The third-order valence-corrected chi connectivity index (χ3v) is 3.92. The van der Waals surface area contributed by atoms with E-state index >= 15 is 0 Å². The van der Waals surface area contributed by atoms with E-state index in [4.69, 9.17) is 5.11 Å². The van der Waals surface area contributed by atoms with E-state index in [2.05, 4.69) is 4.72 Å². The second-order valence-electron chi connectivity index (χ2n) is 4.06. The van der Waals surface area contributed by atoms with E-state index < -0.39 is 34.5 Å². The fraction of sp³-hybridized carbons (Fsp3) is 0.417. The molecular weight excluding hydrogens is 273 g/mol. The summed E-state index contributed by atoms with van der Waals surface area (Å²) in [4.78, 5) is 11.1. The molecule has 1 aromatic rings. The number of carboxylic acid groups (broad SMARTS) is 1. The summed E-state index contributed by atoms with van der Waals surface area (Å²) in [6.45, 7) is -0.753. The predicted molar refractivity (Wildman–Crippen MR) is 69.1 cm³/mol. The number of halogens is 1. The summed E-state index contributed by atoms with van der Waals surface area (Å²) in [5, 5.41) is 9.02. The summed E-state index contributed by atoms with van der Waals surface area (Å²) in [5.74, 6) is -1.67. The third kappa shape index (κ3) is 5.80. The standard InChI is InChI=1S/C12H16FNO4S/c13-7-4-8-19(17,18)14-11(12(15)16)9-10-5-2-1-3-6-10/h1-3,5-6,11,14H,4,7-9H2,(H,15,16)/t11-/m1/s1. The van der Waals surface area contributed by atoms with E-state index in [0.717, 1.165) is 0 Å². The zero-order valence-electron chi connectivity index (χ0n) is 10.3. The van der Waals surface area contributed by atoms with Crippen LogP contribution in [-0.2, 0) is 21.2 Å². The van der Waals surface area contributed by atoms with E-state index in [0.29, 0.717) is 5.56 Å². The van der Waals surface area contributed by atoms with Gasteiger partial charge in [0.25, 0.3) is 0 Å². The summed E-state index contributed by atoms with van der Waals surface area (Å²) < 4.78 is 37.1. The van der Waals surface area contributed by atoms with E-state index in [1.165, 1.54) is 0 Å². The van der Waals surface area contributed by atoms with Gasteiger partial charge in [-0.2, -0.15) is 0 Å². The lowest BCUT2D eigenvalue weighted by Crippen LogP contribution is -2.43. The van der Waals surface area contributed by atoms with Gasteiger partial charge in [0.15, 0.2) is 0 Å². The Labute approximate surface area is 111 Å². The zero-order chi connectivity index (χ0) is 14.3. The maximum Gasteiger partial charge on any atom is 0.322 e. The summed E-state index contributed by atoms with van der Waals surface area (Å²) in [6.07, 6.45) is -0.0992. The Bertz CT molecular complexity index is 504. The number of benzene rings is 1. The van der Waals surface area contributed by atoms with Gasteiger partial charge >= 0.3 is 5.97 Å². The average molecular weight is 289 g/mol. The van der Waals surface area contributed by atoms with Crippen LogP contribution in [0.4, 0.5) is 4.39 Å². The van der Waals surface area contributed by atoms with E-state index in [1.807, 2.05) is 0 Å². The van der Waals surface area contributed by atoms with E-state index in [1.54, 1.807) is 30.3 Å². The minimum atomic E-state index is -3.78. The lowest BCUT2D eigenvalue weighted by atomic mass is 10.1. The molecule has 0 radical (unpaired) electrons. The van der Waals surface area contributed by atoms with Crippen molar-refractivity contribution >= 4 is 16.0 Å². The van der Waals surface area contributed by atoms with Gasteiger partial charge in [-0.1, -0.05) is 30.3 Å². The number of carboxylic acids is 1. The molecule has 5 nitrogen and oxygen atoms in total. The Hall–Kier alpha value is -1.47. The van der Waals surface area contributed by atoms with Crippen LogP contribution in [0.1, 0.15) is 12.0 Å². The number of nitrogens with one attached hydrogen (secondary N) is 1. The zero-order valence-corrected chi connectivity index (χ0v) is 11.1. The number of alkyl halides is 1. The van der Waals surface area contributed by atoms with Crippen molar-refractivity contribution in [2.24, 2.45) is 0 Å². The molecule has 106 valence electrons. The minimum Gasteiger partial charge on any atom is -0.480 e. The van der Waals surface area contributed by atoms with Crippen LogP contribution in [0.25, 0.3) is 0 Å². The van der Waals surface area contributed by atoms with Crippen LogP contribution >= 0.6 is 0 Å². The molecule has 0 aliphatic carbocycles. The normalized spacial score (nSPS) is 13.1. The highest BCUT2D eigenvalue weighted by Gasteiger charge is 2.23. The largest absolute Gasteiger partial charge is 0.480 e. The fourth-order valence-electron chi connectivity index (χ4n) is 1.55. The van der Waals surface area contributed by atoms with Crippen LogP contribution in [0, 0.1) is 0 Å². The first-order valence-electron chi connectivity index (χ1n) is 5.77. The van der Waals surface area contributed by atoms with Gasteiger partial charge in [-0.15, -0.1) is 0 Å². The molecule has 1 atom stereocenters. The Morgan fingerprint density at radius 2 is 1.95 bits per heavy atom. The van der Waals surface area contributed by atoms with E-state index in [9.17, 15) is 17.6 Å². The second kappa shape index (κ2) is 7.20. The molecule has 2 N–H and O–H groups in total. The number of sulfonamides is 1.